The van der Waals surface area contributed by atoms with Crippen molar-refractivity contribution >= 4 is 81.4 Å². The zero-order valence-corrected chi connectivity index (χ0v) is 44.6. The van der Waals surface area contributed by atoms with Gasteiger partial charge in [-0.05, 0) is 35.4 Å². The fourth-order valence-corrected chi connectivity index (χ4v) is 9.52. The summed E-state index contributed by atoms with van der Waals surface area (Å²) in [5, 5.41) is 45.4. The van der Waals surface area contributed by atoms with Crippen LogP contribution in [0.15, 0.2) is 46.2 Å². The van der Waals surface area contributed by atoms with Crippen LogP contribution in [0.4, 0.5) is 47.1 Å². The standard InChI is InChI=1S/C46H74N16O8S2/c1-59(2,3)23-9-17-47-41-51-43(55-45(53-41)57-19-25-61(7,26-20-57)29-31-63)49-37-15-13-35(39(33-37)71-70-69-65)11-12-36-14-16-38(34-40(36)72(66,67)68)50-44-52-42(48-18-10-24-60(4,5)6)54-46(56-44)58-21-27-62(8,28-22-58)30-32-64/h11-16,33-34,63-64H,9-10,17-32H2,1-8H3,(H4-2,47,48,49,50,51,52,53,54,55,56,65,66,67,68)/q+2/p+2/b12-11+. The molecule has 6 rings (SSSR count). The maximum Gasteiger partial charge on any atom is 0.295 e. The molecule has 26 heteroatoms. The molecule has 0 spiro atoms. The van der Waals surface area contributed by atoms with Gasteiger partial charge in [-0.2, -0.15) is 38.3 Å². The Morgan fingerprint density at radius 3 is 1.53 bits per heavy atom. The fourth-order valence-electron chi connectivity index (χ4n) is 8.30. The maximum atomic E-state index is 13.0. The number of nitrogens with one attached hydrogen (secondary N) is 4. The number of quaternary nitrogens is 4. The van der Waals surface area contributed by atoms with Gasteiger partial charge in [0.1, 0.15) is 18.0 Å². The van der Waals surface area contributed by atoms with Gasteiger partial charge in [-0.3, -0.25) is 4.55 Å². The number of piperazine rings is 2. The summed E-state index contributed by atoms with van der Waals surface area (Å²) in [5.74, 6) is 2.23. The first-order valence-corrected chi connectivity index (χ1v) is 26.4. The number of benzene rings is 2. The van der Waals surface area contributed by atoms with Crippen LogP contribution in [-0.4, -0.2) is 237 Å². The lowest BCUT2D eigenvalue weighted by Gasteiger charge is -2.41. The Bertz CT molecular complexity index is 2550. The Balaban J connectivity index is 1.24. The van der Waals surface area contributed by atoms with Gasteiger partial charge in [-0.15, -0.1) is 4.33 Å². The van der Waals surface area contributed by atoms with E-state index in [1.165, 1.54) is 12.1 Å². The molecule has 2 saturated heterocycles. The number of anilines is 8. The lowest BCUT2D eigenvalue weighted by Crippen LogP contribution is -2.58. The van der Waals surface area contributed by atoms with E-state index >= 15 is 0 Å². The van der Waals surface area contributed by atoms with Crippen LogP contribution in [0.25, 0.3) is 12.2 Å². The van der Waals surface area contributed by atoms with Crippen LogP contribution in [0.5, 0.6) is 0 Å². The van der Waals surface area contributed by atoms with Gasteiger partial charge in [0, 0.05) is 42.2 Å². The first-order valence-electron chi connectivity index (χ1n) is 24.2. The zero-order chi connectivity index (χ0) is 52.2. The van der Waals surface area contributed by atoms with Crippen molar-refractivity contribution in [3.8, 4) is 0 Å². The predicted molar refractivity (Wildman–Crippen MR) is 281 cm³/mol. The summed E-state index contributed by atoms with van der Waals surface area (Å²) in [5.41, 5.74) is 1.60. The lowest BCUT2D eigenvalue weighted by atomic mass is 10.1. The van der Waals surface area contributed by atoms with Crippen molar-refractivity contribution in [2.24, 2.45) is 0 Å². The van der Waals surface area contributed by atoms with Crippen LogP contribution in [-0.2, 0) is 19.5 Å². The summed E-state index contributed by atoms with van der Waals surface area (Å²) in [6, 6.07) is 9.77. The summed E-state index contributed by atoms with van der Waals surface area (Å²) >= 11 is 0.715. The summed E-state index contributed by atoms with van der Waals surface area (Å²) in [4.78, 5) is 32.7. The van der Waals surface area contributed by atoms with Gasteiger partial charge in [0.15, 0.2) is 0 Å². The monoisotopic (exact) mass is 1040 g/mol. The van der Waals surface area contributed by atoms with E-state index in [2.05, 4.69) is 97.5 Å². The van der Waals surface area contributed by atoms with Gasteiger partial charge >= 0.3 is 0 Å². The van der Waals surface area contributed by atoms with E-state index in [1.807, 2.05) is 0 Å². The van der Waals surface area contributed by atoms with Crippen molar-refractivity contribution in [3.63, 3.8) is 0 Å². The molecule has 0 bridgehead atoms. The minimum absolute atomic E-state index is 0.104. The molecular formula is C46H76N16O8S2+4. The highest BCUT2D eigenvalue weighted by Crippen LogP contribution is 2.32. The van der Waals surface area contributed by atoms with Crippen molar-refractivity contribution in [3.05, 3.63) is 47.5 Å². The molecule has 2 aliphatic heterocycles. The third-order valence-electron chi connectivity index (χ3n) is 12.7. The summed E-state index contributed by atoms with van der Waals surface area (Å²) in [7, 11) is 12.3. The summed E-state index contributed by atoms with van der Waals surface area (Å²) in [6.07, 6.45) is 4.94. The van der Waals surface area contributed by atoms with Crippen LogP contribution in [0.1, 0.15) is 24.0 Å². The molecule has 0 unspecified atom stereocenters. The quantitative estimate of drug-likeness (QED) is 0.00855. The predicted octanol–water partition coefficient (Wildman–Crippen LogP) is 2.92. The van der Waals surface area contributed by atoms with Crippen LogP contribution in [0.3, 0.4) is 0 Å². The number of likely N-dealkylation sites (N-methyl/N-ethyl adjacent to an activating group) is 2. The molecule has 72 heavy (non-hydrogen) atoms. The normalized spacial score (nSPS) is 16.3. The number of hydrogen-bond donors (Lipinski definition) is 8. The molecule has 2 aliphatic rings. The fraction of sp³-hybridized carbons (Fsp3) is 0.565. The van der Waals surface area contributed by atoms with Crippen LogP contribution < -0.4 is 31.1 Å². The van der Waals surface area contributed by atoms with E-state index in [4.69, 9.17) is 34.5 Å². The molecule has 2 aromatic carbocycles. The third kappa shape index (κ3) is 17.3. The van der Waals surface area contributed by atoms with E-state index < -0.39 is 10.1 Å². The number of hydrogen-bond acceptors (Lipinski definition) is 20. The second kappa shape index (κ2) is 24.8. The topological polar surface area (TPSA) is 265 Å². The van der Waals surface area contributed by atoms with E-state index in [-0.39, 0.29) is 29.6 Å². The van der Waals surface area contributed by atoms with E-state index in [0.717, 1.165) is 70.0 Å². The SMILES string of the molecule is C[N+](C)(C)CCCNc1nc(Nc2ccc(/C=C/c3ccc(Nc4nc(NCCC[N+](C)(C)C)nc(N5CC[N+](C)(CCO)CC5)n4)cc3S(=O)(=O)O)c(SOOO)c2)nc(N2CC[N+](C)(CCO)CC2)n1. The highest BCUT2D eigenvalue weighted by molar-refractivity contribution is 7.94. The summed E-state index contributed by atoms with van der Waals surface area (Å²) in [6.45, 7) is 10.7. The average molecular weight is 1050 g/mol. The van der Waals surface area contributed by atoms with Crippen molar-refractivity contribution in [2.45, 2.75) is 22.6 Å². The Morgan fingerprint density at radius 2 is 1.10 bits per heavy atom. The largest absolute Gasteiger partial charge is 0.391 e. The first kappa shape index (κ1) is 56.2. The van der Waals surface area contributed by atoms with Gasteiger partial charge in [0.2, 0.25) is 35.7 Å². The zero-order valence-electron chi connectivity index (χ0n) is 43.0. The lowest BCUT2D eigenvalue weighted by molar-refractivity contribution is -0.910. The Labute approximate surface area is 427 Å². The highest BCUT2D eigenvalue weighted by atomic mass is 32.2. The number of aliphatic hydroxyl groups is 2. The molecule has 4 aromatic rings. The van der Waals surface area contributed by atoms with Gasteiger partial charge in [-0.1, -0.05) is 29.3 Å². The number of nitrogens with zero attached hydrogens (tertiary/aromatic N) is 12. The minimum atomic E-state index is -4.75. The van der Waals surface area contributed by atoms with Crippen molar-refractivity contribution in [1.82, 2.24) is 29.9 Å². The average Bonchev–Trinajstić information content (AvgIpc) is 3.30. The third-order valence-corrected chi connectivity index (χ3v) is 14.3. The second-order valence-electron chi connectivity index (χ2n) is 20.9. The number of aliphatic hydroxyl groups excluding tert-OH is 2. The number of aromatic nitrogens is 6. The van der Waals surface area contributed by atoms with Crippen LogP contribution in [0, 0.1) is 0 Å². The Kier molecular flexibility index (Phi) is 19.3. The molecule has 0 amide bonds. The molecular weight excluding hydrogens is 969 g/mol. The van der Waals surface area contributed by atoms with E-state index in [1.54, 1.807) is 36.4 Å². The summed E-state index contributed by atoms with van der Waals surface area (Å²) < 4.78 is 44.4. The van der Waals surface area contributed by atoms with Crippen molar-refractivity contribution in [1.29, 1.82) is 0 Å². The maximum absolute atomic E-state index is 13.0. The van der Waals surface area contributed by atoms with Crippen molar-refractivity contribution < 1.29 is 55.7 Å². The molecule has 2 aromatic heterocycles. The van der Waals surface area contributed by atoms with E-state index in [9.17, 15) is 23.2 Å². The Hall–Kier alpha value is -5.10. The Morgan fingerprint density at radius 1 is 0.667 bits per heavy atom. The van der Waals surface area contributed by atoms with Gasteiger partial charge in [0.25, 0.3) is 10.1 Å². The molecule has 0 radical (unpaired) electrons. The van der Waals surface area contributed by atoms with E-state index in [0.29, 0.717) is 116 Å². The van der Waals surface area contributed by atoms with Gasteiger partial charge in [-0.25, -0.2) is 5.26 Å². The first-order chi connectivity index (χ1) is 34.0. The van der Waals surface area contributed by atoms with Crippen molar-refractivity contribution in [2.75, 3.05) is 192 Å². The molecule has 8 N–H and O–H groups in total. The molecule has 2 fully saturated rings. The molecule has 4 heterocycles. The van der Waals surface area contributed by atoms with Crippen LogP contribution in [0.2, 0.25) is 0 Å². The second-order valence-corrected chi connectivity index (χ2v) is 23.1. The smallest absolute Gasteiger partial charge is 0.295 e. The minimum Gasteiger partial charge on any atom is -0.391 e. The molecule has 396 valence electrons. The molecule has 0 saturated carbocycles. The molecule has 24 nitrogen and oxygen atoms in total. The van der Waals surface area contributed by atoms with Gasteiger partial charge < -0.3 is 59.2 Å². The van der Waals surface area contributed by atoms with Crippen LogP contribution >= 0.6 is 12.0 Å². The van der Waals surface area contributed by atoms with Gasteiger partial charge in [0.05, 0.1) is 147 Å². The molecule has 0 atom stereocenters. The highest BCUT2D eigenvalue weighted by Gasteiger charge is 2.31. The number of rotatable bonds is 26. The molecule has 0 aliphatic carbocycles.